The summed E-state index contributed by atoms with van der Waals surface area (Å²) in [6, 6.07) is 0. The van der Waals surface area contributed by atoms with Crippen LogP contribution >= 0.6 is 0 Å². The number of allylic oxidation sites excluding steroid dienone is 2. The van der Waals surface area contributed by atoms with E-state index < -0.39 is 0 Å². The zero-order valence-corrected chi connectivity index (χ0v) is 8.43. The molecule has 12 heavy (non-hydrogen) atoms. The predicted octanol–water partition coefficient (Wildman–Crippen LogP) is 2.75. The van der Waals surface area contributed by atoms with Crippen molar-refractivity contribution in [2.45, 2.75) is 40.0 Å². The van der Waals surface area contributed by atoms with Crippen LogP contribution in [0, 0.1) is 11.3 Å². The average Bonchev–Trinajstić information content (AvgIpc) is 2.61. The van der Waals surface area contributed by atoms with Crippen LogP contribution in [0.3, 0.4) is 0 Å². The van der Waals surface area contributed by atoms with Gasteiger partial charge in [0, 0.05) is 6.61 Å². The Bertz CT molecular complexity index is 179. The van der Waals surface area contributed by atoms with Crippen molar-refractivity contribution in [2.24, 2.45) is 11.3 Å². The minimum atomic E-state index is 0.380. The van der Waals surface area contributed by atoms with Crippen LogP contribution in [0.2, 0.25) is 0 Å². The van der Waals surface area contributed by atoms with E-state index in [-0.39, 0.29) is 0 Å². The number of aliphatic hydroxyl groups excluding tert-OH is 1. The number of hydrogen-bond donors (Lipinski definition) is 1. The second kappa shape index (κ2) is 3.61. The summed E-state index contributed by atoms with van der Waals surface area (Å²) in [4.78, 5) is 0. The van der Waals surface area contributed by atoms with Crippen molar-refractivity contribution in [3.8, 4) is 0 Å². The van der Waals surface area contributed by atoms with Crippen LogP contribution in [0.15, 0.2) is 11.6 Å². The molecule has 2 atom stereocenters. The van der Waals surface area contributed by atoms with Gasteiger partial charge in [-0.25, -0.2) is 0 Å². The van der Waals surface area contributed by atoms with Gasteiger partial charge in [0.1, 0.15) is 0 Å². The Kier molecular flexibility index (Phi) is 2.94. The van der Waals surface area contributed by atoms with E-state index in [1.54, 1.807) is 0 Å². The lowest BCUT2D eigenvalue weighted by molar-refractivity contribution is 0.250. The summed E-state index contributed by atoms with van der Waals surface area (Å²) >= 11 is 0. The molecule has 1 unspecified atom stereocenters. The molecule has 1 saturated carbocycles. The van der Waals surface area contributed by atoms with Crippen molar-refractivity contribution >= 4 is 0 Å². The topological polar surface area (TPSA) is 20.2 Å². The Balaban J connectivity index is 2.21. The second-order valence-corrected chi connectivity index (χ2v) is 4.56. The van der Waals surface area contributed by atoms with Crippen LogP contribution in [0.4, 0.5) is 0 Å². The molecule has 1 aliphatic carbocycles. The van der Waals surface area contributed by atoms with Crippen molar-refractivity contribution < 1.29 is 5.11 Å². The van der Waals surface area contributed by atoms with Crippen LogP contribution in [0.25, 0.3) is 0 Å². The summed E-state index contributed by atoms with van der Waals surface area (Å²) in [7, 11) is 0. The first-order valence-electron chi connectivity index (χ1n) is 4.83. The molecule has 0 aromatic carbocycles. The molecule has 0 bridgehead atoms. The molecule has 0 aromatic rings. The summed E-state index contributed by atoms with van der Waals surface area (Å²) in [5.74, 6) is 0.586. The first kappa shape index (κ1) is 9.79. The van der Waals surface area contributed by atoms with Crippen LogP contribution in [0.5, 0.6) is 0 Å². The van der Waals surface area contributed by atoms with Crippen LogP contribution in [0.1, 0.15) is 40.0 Å². The highest BCUT2D eigenvalue weighted by molar-refractivity contribution is 5.01. The SMILES string of the molecule is CC(C)=CCCC1(C)C[C@@H]1CO. The molecule has 0 aromatic heterocycles. The fourth-order valence-electron chi connectivity index (χ4n) is 1.79. The van der Waals surface area contributed by atoms with E-state index in [1.165, 1.54) is 24.8 Å². The Morgan fingerprint density at radius 3 is 2.67 bits per heavy atom. The lowest BCUT2D eigenvalue weighted by Crippen LogP contribution is -2.00. The molecule has 1 N–H and O–H groups in total. The summed E-state index contributed by atoms with van der Waals surface area (Å²) in [5, 5.41) is 8.93. The first-order chi connectivity index (χ1) is 5.58. The molecule has 0 amide bonds. The van der Waals surface area contributed by atoms with Gasteiger partial charge < -0.3 is 5.11 Å². The minimum Gasteiger partial charge on any atom is -0.396 e. The number of aliphatic hydroxyl groups is 1. The molecule has 0 radical (unpaired) electrons. The third-order valence-corrected chi connectivity index (χ3v) is 3.03. The van der Waals surface area contributed by atoms with Gasteiger partial charge in [-0.05, 0) is 44.4 Å². The average molecular weight is 168 g/mol. The Labute approximate surface area is 75.5 Å². The smallest absolute Gasteiger partial charge is 0.0464 e. The standard InChI is InChI=1S/C11H20O/c1-9(2)5-4-6-11(3)7-10(11)8-12/h5,10,12H,4,6-8H2,1-3H3/t10-,11?/m1/s1. The number of hydrogen-bond acceptors (Lipinski definition) is 1. The maximum atomic E-state index is 8.93. The molecule has 0 heterocycles. The highest BCUT2D eigenvalue weighted by Crippen LogP contribution is 2.55. The Morgan fingerprint density at radius 1 is 1.58 bits per heavy atom. The van der Waals surface area contributed by atoms with E-state index in [0.29, 0.717) is 17.9 Å². The molecular formula is C11H20O. The molecule has 0 spiro atoms. The number of rotatable bonds is 4. The molecule has 1 fully saturated rings. The van der Waals surface area contributed by atoms with Crippen LogP contribution in [-0.2, 0) is 0 Å². The molecular weight excluding hydrogens is 148 g/mol. The fourth-order valence-corrected chi connectivity index (χ4v) is 1.79. The molecule has 0 saturated heterocycles. The van der Waals surface area contributed by atoms with E-state index in [0.717, 1.165) is 0 Å². The lowest BCUT2D eigenvalue weighted by Gasteiger charge is -2.07. The van der Waals surface area contributed by atoms with Crippen molar-refractivity contribution in [2.75, 3.05) is 6.61 Å². The zero-order valence-electron chi connectivity index (χ0n) is 8.43. The van der Waals surface area contributed by atoms with Crippen molar-refractivity contribution in [3.05, 3.63) is 11.6 Å². The molecule has 1 heteroatoms. The van der Waals surface area contributed by atoms with Gasteiger partial charge in [-0.15, -0.1) is 0 Å². The van der Waals surface area contributed by atoms with Gasteiger partial charge in [-0.2, -0.15) is 0 Å². The highest BCUT2D eigenvalue weighted by atomic mass is 16.3. The summed E-state index contributed by atoms with van der Waals surface area (Å²) < 4.78 is 0. The van der Waals surface area contributed by atoms with E-state index in [9.17, 15) is 0 Å². The van der Waals surface area contributed by atoms with Crippen molar-refractivity contribution in [3.63, 3.8) is 0 Å². The molecule has 1 aliphatic rings. The molecule has 70 valence electrons. The normalized spacial score (nSPS) is 33.2. The zero-order chi connectivity index (χ0) is 9.19. The maximum absolute atomic E-state index is 8.93. The third-order valence-electron chi connectivity index (χ3n) is 3.03. The Hall–Kier alpha value is -0.300. The monoisotopic (exact) mass is 168 g/mol. The molecule has 1 rings (SSSR count). The van der Waals surface area contributed by atoms with E-state index in [1.807, 2.05) is 0 Å². The van der Waals surface area contributed by atoms with Gasteiger partial charge in [0.2, 0.25) is 0 Å². The largest absolute Gasteiger partial charge is 0.396 e. The van der Waals surface area contributed by atoms with Crippen LogP contribution < -0.4 is 0 Å². The lowest BCUT2D eigenvalue weighted by atomic mass is 9.99. The highest BCUT2D eigenvalue weighted by Gasteiger charge is 2.48. The Morgan fingerprint density at radius 2 is 2.25 bits per heavy atom. The summed E-state index contributed by atoms with van der Waals surface area (Å²) in [6.45, 7) is 6.94. The summed E-state index contributed by atoms with van der Waals surface area (Å²) in [6.07, 6.45) is 5.93. The second-order valence-electron chi connectivity index (χ2n) is 4.56. The van der Waals surface area contributed by atoms with Gasteiger partial charge in [0.15, 0.2) is 0 Å². The van der Waals surface area contributed by atoms with E-state index in [2.05, 4.69) is 26.8 Å². The quantitative estimate of drug-likeness (QED) is 0.640. The fraction of sp³-hybridized carbons (Fsp3) is 0.818. The van der Waals surface area contributed by atoms with Gasteiger partial charge >= 0.3 is 0 Å². The first-order valence-corrected chi connectivity index (χ1v) is 4.83. The van der Waals surface area contributed by atoms with Gasteiger partial charge in [-0.1, -0.05) is 18.6 Å². The van der Waals surface area contributed by atoms with E-state index >= 15 is 0 Å². The van der Waals surface area contributed by atoms with Gasteiger partial charge in [0.05, 0.1) is 0 Å². The van der Waals surface area contributed by atoms with Crippen molar-refractivity contribution in [1.82, 2.24) is 0 Å². The molecule has 0 aliphatic heterocycles. The van der Waals surface area contributed by atoms with E-state index in [4.69, 9.17) is 5.11 Å². The minimum absolute atomic E-state index is 0.380. The van der Waals surface area contributed by atoms with Gasteiger partial charge in [0.25, 0.3) is 0 Å². The van der Waals surface area contributed by atoms with Crippen molar-refractivity contribution in [1.29, 1.82) is 0 Å². The predicted molar refractivity (Wildman–Crippen MR) is 52.0 cm³/mol. The molecule has 1 nitrogen and oxygen atoms in total. The van der Waals surface area contributed by atoms with Gasteiger partial charge in [-0.3, -0.25) is 0 Å². The third kappa shape index (κ3) is 2.34. The summed E-state index contributed by atoms with van der Waals surface area (Å²) in [5.41, 5.74) is 1.86. The van der Waals surface area contributed by atoms with Crippen LogP contribution in [-0.4, -0.2) is 11.7 Å². The maximum Gasteiger partial charge on any atom is 0.0464 e.